The van der Waals surface area contributed by atoms with Crippen molar-refractivity contribution in [3.8, 4) is 0 Å². The highest BCUT2D eigenvalue weighted by Crippen LogP contribution is 2.11. The SMILES string of the molecule is CCCCOC(=O)c1ccc(NC(=O)CO/N=C/c2cccs2)cc1. The minimum Gasteiger partial charge on any atom is -0.462 e. The average Bonchev–Trinajstić information content (AvgIpc) is 3.13. The molecular weight excluding hydrogens is 340 g/mol. The zero-order valence-electron chi connectivity index (χ0n) is 13.9. The normalized spacial score (nSPS) is 10.6. The molecule has 0 radical (unpaired) electrons. The van der Waals surface area contributed by atoms with Crippen molar-refractivity contribution in [2.75, 3.05) is 18.5 Å². The van der Waals surface area contributed by atoms with Gasteiger partial charge in [0.15, 0.2) is 6.61 Å². The first-order chi connectivity index (χ1) is 12.2. The number of hydrogen-bond donors (Lipinski definition) is 1. The van der Waals surface area contributed by atoms with Gasteiger partial charge >= 0.3 is 5.97 Å². The summed E-state index contributed by atoms with van der Waals surface area (Å²) in [6.45, 7) is 2.25. The number of unbranched alkanes of at least 4 members (excludes halogenated alkanes) is 1. The molecule has 1 heterocycles. The number of thiophene rings is 1. The van der Waals surface area contributed by atoms with Crippen molar-refractivity contribution in [3.63, 3.8) is 0 Å². The third-order valence-electron chi connectivity index (χ3n) is 3.13. The van der Waals surface area contributed by atoms with E-state index in [1.54, 1.807) is 30.5 Å². The summed E-state index contributed by atoms with van der Waals surface area (Å²) in [6, 6.07) is 10.3. The summed E-state index contributed by atoms with van der Waals surface area (Å²) in [5, 5.41) is 8.33. The number of carbonyl (C=O) groups excluding carboxylic acids is 2. The molecule has 0 aliphatic rings. The van der Waals surface area contributed by atoms with Crippen LogP contribution in [-0.4, -0.2) is 31.3 Å². The second kappa shape index (κ2) is 10.2. The summed E-state index contributed by atoms with van der Waals surface area (Å²) < 4.78 is 5.12. The van der Waals surface area contributed by atoms with Crippen LogP contribution in [0.3, 0.4) is 0 Å². The fourth-order valence-electron chi connectivity index (χ4n) is 1.83. The van der Waals surface area contributed by atoms with Gasteiger partial charge in [0.25, 0.3) is 5.91 Å². The molecule has 25 heavy (non-hydrogen) atoms. The van der Waals surface area contributed by atoms with Crippen molar-refractivity contribution in [2.24, 2.45) is 5.16 Å². The molecule has 0 saturated carbocycles. The molecule has 6 nitrogen and oxygen atoms in total. The lowest BCUT2D eigenvalue weighted by Gasteiger charge is -2.06. The first-order valence-electron chi connectivity index (χ1n) is 7.95. The third kappa shape index (κ3) is 6.76. The maximum Gasteiger partial charge on any atom is 0.338 e. The van der Waals surface area contributed by atoms with E-state index < -0.39 is 0 Å². The van der Waals surface area contributed by atoms with Gasteiger partial charge < -0.3 is 14.9 Å². The van der Waals surface area contributed by atoms with Gasteiger partial charge in [-0.05, 0) is 42.1 Å². The lowest BCUT2D eigenvalue weighted by atomic mass is 10.2. The van der Waals surface area contributed by atoms with Crippen molar-refractivity contribution >= 4 is 35.1 Å². The number of anilines is 1. The Bertz CT molecular complexity index is 696. The summed E-state index contributed by atoms with van der Waals surface area (Å²) in [5.41, 5.74) is 1.02. The molecule has 132 valence electrons. The van der Waals surface area contributed by atoms with Crippen LogP contribution in [0.2, 0.25) is 0 Å². The first-order valence-corrected chi connectivity index (χ1v) is 8.83. The van der Waals surface area contributed by atoms with Gasteiger partial charge in [0, 0.05) is 10.6 Å². The molecule has 1 aromatic heterocycles. The van der Waals surface area contributed by atoms with E-state index in [1.165, 1.54) is 11.3 Å². The van der Waals surface area contributed by atoms with E-state index in [0.29, 0.717) is 17.9 Å². The smallest absolute Gasteiger partial charge is 0.338 e. The van der Waals surface area contributed by atoms with Crippen molar-refractivity contribution in [1.29, 1.82) is 0 Å². The Morgan fingerprint density at radius 3 is 2.72 bits per heavy atom. The molecule has 2 rings (SSSR count). The fraction of sp³-hybridized carbons (Fsp3) is 0.278. The van der Waals surface area contributed by atoms with E-state index in [2.05, 4.69) is 10.5 Å². The number of oxime groups is 1. The number of nitrogens with one attached hydrogen (secondary N) is 1. The molecule has 0 atom stereocenters. The number of rotatable bonds is 9. The molecule has 0 fully saturated rings. The summed E-state index contributed by atoms with van der Waals surface area (Å²) in [4.78, 5) is 29.4. The largest absolute Gasteiger partial charge is 0.462 e. The monoisotopic (exact) mass is 360 g/mol. The van der Waals surface area contributed by atoms with E-state index in [-0.39, 0.29) is 18.5 Å². The van der Waals surface area contributed by atoms with E-state index in [4.69, 9.17) is 9.57 Å². The van der Waals surface area contributed by atoms with E-state index in [0.717, 1.165) is 17.7 Å². The third-order valence-corrected chi connectivity index (χ3v) is 3.94. The van der Waals surface area contributed by atoms with Crippen LogP contribution in [0.1, 0.15) is 35.0 Å². The van der Waals surface area contributed by atoms with Crippen LogP contribution in [0.15, 0.2) is 46.9 Å². The molecule has 0 unspecified atom stereocenters. The number of esters is 1. The van der Waals surface area contributed by atoms with Crippen LogP contribution < -0.4 is 5.32 Å². The van der Waals surface area contributed by atoms with Gasteiger partial charge in [0.1, 0.15) is 0 Å². The predicted molar refractivity (Wildman–Crippen MR) is 98.1 cm³/mol. The highest BCUT2D eigenvalue weighted by molar-refractivity contribution is 7.11. The van der Waals surface area contributed by atoms with Gasteiger partial charge in [-0.15, -0.1) is 11.3 Å². The van der Waals surface area contributed by atoms with Crippen LogP contribution in [0, 0.1) is 0 Å². The van der Waals surface area contributed by atoms with Crippen molar-refractivity contribution in [2.45, 2.75) is 19.8 Å². The average molecular weight is 360 g/mol. The molecule has 0 bridgehead atoms. The van der Waals surface area contributed by atoms with Crippen LogP contribution in [0.5, 0.6) is 0 Å². The molecule has 0 spiro atoms. The molecule has 2 aromatic rings. The van der Waals surface area contributed by atoms with Crippen molar-refractivity contribution in [1.82, 2.24) is 0 Å². The molecule has 7 heteroatoms. The van der Waals surface area contributed by atoms with E-state index in [1.807, 2.05) is 24.4 Å². The minimum absolute atomic E-state index is 0.192. The zero-order valence-corrected chi connectivity index (χ0v) is 14.8. The molecule has 0 aliphatic carbocycles. The Morgan fingerprint density at radius 2 is 2.04 bits per heavy atom. The summed E-state index contributed by atoms with van der Waals surface area (Å²) >= 11 is 1.53. The van der Waals surface area contributed by atoms with Gasteiger partial charge in [-0.2, -0.15) is 0 Å². The number of carbonyl (C=O) groups is 2. The van der Waals surface area contributed by atoms with Gasteiger partial charge in [-0.1, -0.05) is 24.6 Å². The molecule has 1 N–H and O–H groups in total. The lowest BCUT2D eigenvalue weighted by Crippen LogP contribution is -2.17. The molecule has 0 aliphatic heterocycles. The maximum atomic E-state index is 11.8. The van der Waals surface area contributed by atoms with E-state index in [9.17, 15) is 9.59 Å². The molecular formula is C18H20N2O4S. The Labute approximate surface area is 150 Å². The quantitative estimate of drug-likeness (QED) is 0.320. The Kier molecular flexibility index (Phi) is 7.65. The number of amides is 1. The van der Waals surface area contributed by atoms with Gasteiger partial charge in [-0.25, -0.2) is 4.79 Å². The Hall–Kier alpha value is -2.67. The van der Waals surface area contributed by atoms with Gasteiger partial charge in [-0.3, -0.25) is 4.79 Å². The highest BCUT2D eigenvalue weighted by Gasteiger charge is 2.08. The first kappa shape index (κ1) is 18.7. The van der Waals surface area contributed by atoms with Gasteiger partial charge in [0.05, 0.1) is 18.4 Å². The van der Waals surface area contributed by atoms with Crippen LogP contribution in [0.25, 0.3) is 0 Å². The molecule has 1 aromatic carbocycles. The minimum atomic E-state index is -0.363. The Morgan fingerprint density at radius 1 is 1.24 bits per heavy atom. The number of hydrogen-bond acceptors (Lipinski definition) is 6. The number of nitrogens with zero attached hydrogens (tertiary/aromatic N) is 1. The second-order valence-corrected chi connectivity index (χ2v) is 6.12. The van der Waals surface area contributed by atoms with Crippen molar-refractivity contribution < 1.29 is 19.2 Å². The van der Waals surface area contributed by atoms with Crippen LogP contribution in [0.4, 0.5) is 5.69 Å². The predicted octanol–water partition coefficient (Wildman–Crippen LogP) is 3.69. The lowest BCUT2D eigenvalue weighted by molar-refractivity contribution is -0.120. The number of ether oxygens (including phenoxy) is 1. The van der Waals surface area contributed by atoms with Crippen LogP contribution >= 0.6 is 11.3 Å². The maximum absolute atomic E-state index is 11.8. The molecule has 0 saturated heterocycles. The van der Waals surface area contributed by atoms with E-state index >= 15 is 0 Å². The summed E-state index contributed by atoms with van der Waals surface area (Å²) in [7, 11) is 0. The number of benzene rings is 1. The summed E-state index contributed by atoms with van der Waals surface area (Å²) in [6.07, 6.45) is 3.36. The van der Waals surface area contributed by atoms with Crippen LogP contribution in [-0.2, 0) is 14.4 Å². The summed E-state index contributed by atoms with van der Waals surface area (Å²) in [5.74, 6) is -0.695. The standard InChI is InChI=1S/C18H20N2O4S/c1-2-3-10-23-18(22)14-6-8-15(9-7-14)20-17(21)13-24-19-12-16-5-4-11-25-16/h4-9,11-12H,2-3,10,13H2,1H3,(H,20,21)/b19-12+. The fourth-order valence-corrected chi connectivity index (χ4v) is 2.40. The molecule has 1 amide bonds. The highest BCUT2D eigenvalue weighted by atomic mass is 32.1. The van der Waals surface area contributed by atoms with Crippen molar-refractivity contribution in [3.05, 3.63) is 52.2 Å². The van der Waals surface area contributed by atoms with Gasteiger partial charge in [0.2, 0.25) is 0 Å². The second-order valence-electron chi connectivity index (χ2n) is 5.14. The zero-order chi connectivity index (χ0) is 17.9. The Balaban J connectivity index is 1.74. The topological polar surface area (TPSA) is 77.0 Å².